The van der Waals surface area contributed by atoms with Gasteiger partial charge in [-0.25, -0.2) is 9.13 Å². The molecule has 1 aromatic rings. The van der Waals surface area contributed by atoms with Crippen LogP contribution in [0.4, 0.5) is 0 Å². The molecule has 0 unspecified atom stereocenters. The number of ether oxygens (including phenoxy) is 1. The lowest BCUT2D eigenvalue weighted by Gasteiger charge is -2.10. The van der Waals surface area contributed by atoms with Crippen molar-refractivity contribution in [1.29, 1.82) is 0 Å². The number of halogens is 1. The minimum atomic E-state index is -0.0100. The highest BCUT2D eigenvalue weighted by Gasteiger charge is 2.36. The Morgan fingerprint density at radius 2 is 2.09 bits per heavy atom. The fraction of sp³-hybridized carbons (Fsp3) is 0.765. The highest BCUT2D eigenvalue weighted by molar-refractivity contribution is 5.74. The number of unbranched alkanes of at least 4 members (excludes halogenated alkanes) is 3. The lowest BCUT2D eigenvalue weighted by molar-refractivity contribution is -0.697. The molecule has 1 aliphatic heterocycles. The Balaban J connectivity index is 0.00000242. The van der Waals surface area contributed by atoms with E-state index in [4.69, 9.17) is 4.74 Å². The van der Waals surface area contributed by atoms with Crippen LogP contribution in [0.1, 0.15) is 51.6 Å². The quantitative estimate of drug-likeness (QED) is 0.371. The minimum absolute atomic E-state index is 0. The Morgan fingerprint density at radius 3 is 2.77 bits per heavy atom. The summed E-state index contributed by atoms with van der Waals surface area (Å²) in [6.45, 7) is 5.98. The number of aromatic nitrogens is 2. The molecule has 0 bridgehead atoms. The maximum Gasteiger partial charge on any atom is 0.309 e. The summed E-state index contributed by atoms with van der Waals surface area (Å²) in [4.78, 5) is 11.7. The van der Waals surface area contributed by atoms with Crippen molar-refractivity contribution in [2.45, 2.75) is 58.9 Å². The summed E-state index contributed by atoms with van der Waals surface area (Å²) >= 11 is 0. The minimum Gasteiger partial charge on any atom is -1.00 e. The zero-order valence-electron chi connectivity index (χ0n) is 14.1. The summed E-state index contributed by atoms with van der Waals surface area (Å²) in [6.07, 6.45) is 11.4. The van der Waals surface area contributed by atoms with Crippen LogP contribution in [-0.2, 0) is 29.5 Å². The van der Waals surface area contributed by atoms with Crippen LogP contribution in [0.5, 0.6) is 0 Å². The van der Waals surface area contributed by atoms with E-state index in [9.17, 15) is 4.79 Å². The summed E-state index contributed by atoms with van der Waals surface area (Å²) in [5, 5.41) is 0. The Morgan fingerprint density at radius 1 is 1.32 bits per heavy atom. The number of esters is 1. The van der Waals surface area contributed by atoms with Gasteiger partial charge in [-0.2, -0.15) is 0 Å². The van der Waals surface area contributed by atoms with Crippen LogP contribution in [0.15, 0.2) is 12.5 Å². The monoisotopic (exact) mass is 328 g/mol. The van der Waals surface area contributed by atoms with Crippen LogP contribution in [-0.4, -0.2) is 17.1 Å². The van der Waals surface area contributed by atoms with E-state index < -0.39 is 0 Å². The molecule has 0 N–H and O–H groups in total. The fourth-order valence-corrected chi connectivity index (χ4v) is 3.23. The molecule has 1 aliphatic rings. The molecule has 0 aromatic carbocycles. The van der Waals surface area contributed by atoms with Gasteiger partial charge >= 0.3 is 5.97 Å². The standard InChI is InChI=1S/C17H29N2O2.ClH/c1-4-6-7-8-9-19-11-15(18(3)13-19)10-14-12-21-17(20)16(14)5-2;/h11,13-14,16H,4-10,12H2,1-3H3;1H/q+1;/p-1/t14-,16-;/m0./s1. The molecule has 1 fully saturated rings. The number of rotatable bonds is 8. The lowest BCUT2D eigenvalue weighted by atomic mass is 9.89. The number of carbonyl (C=O) groups is 1. The van der Waals surface area contributed by atoms with E-state index in [0.717, 1.165) is 19.4 Å². The number of hydrogen-bond donors (Lipinski definition) is 0. The Hall–Kier alpha value is -1.03. The van der Waals surface area contributed by atoms with Gasteiger partial charge in [0.25, 0.3) is 0 Å². The average molecular weight is 329 g/mol. The Labute approximate surface area is 140 Å². The summed E-state index contributed by atoms with van der Waals surface area (Å²) in [6, 6.07) is 0. The number of hydrogen-bond acceptors (Lipinski definition) is 2. The predicted molar refractivity (Wildman–Crippen MR) is 81.7 cm³/mol. The zero-order chi connectivity index (χ0) is 15.2. The van der Waals surface area contributed by atoms with Gasteiger partial charge in [-0.1, -0.05) is 26.7 Å². The van der Waals surface area contributed by atoms with Crippen molar-refractivity contribution in [3.8, 4) is 0 Å². The first-order chi connectivity index (χ1) is 10.2. The van der Waals surface area contributed by atoms with Gasteiger partial charge in [-0.3, -0.25) is 4.79 Å². The number of imidazole rings is 1. The molecule has 0 radical (unpaired) electrons. The maximum absolute atomic E-state index is 11.7. The van der Waals surface area contributed by atoms with Gasteiger partial charge in [0.2, 0.25) is 6.33 Å². The first kappa shape index (κ1) is 19.0. The van der Waals surface area contributed by atoms with Gasteiger partial charge in [-0.05, 0) is 19.3 Å². The first-order valence-electron chi connectivity index (χ1n) is 8.36. The number of carbonyl (C=O) groups excluding carboxylic acids is 1. The zero-order valence-corrected chi connectivity index (χ0v) is 14.8. The Bertz CT molecular complexity index is 473. The van der Waals surface area contributed by atoms with E-state index in [0.29, 0.717) is 12.5 Å². The summed E-state index contributed by atoms with van der Waals surface area (Å²) in [5.41, 5.74) is 1.30. The van der Waals surface area contributed by atoms with Crippen molar-refractivity contribution in [2.24, 2.45) is 18.9 Å². The van der Waals surface area contributed by atoms with E-state index in [1.165, 1.54) is 31.4 Å². The predicted octanol–water partition coefficient (Wildman–Crippen LogP) is -0.361. The molecular formula is C17H29ClN2O2. The van der Waals surface area contributed by atoms with E-state index in [2.05, 4.69) is 42.6 Å². The van der Waals surface area contributed by atoms with E-state index in [1.807, 2.05) is 0 Å². The van der Waals surface area contributed by atoms with Crippen molar-refractivity contribution >= 4 is 5.97 Å². The first-order valence-corrected chi connectivity index (χ1v) is 8.36. The van der Waals surface area contributed by atoms with Gasteiger partial charge in [-0.15, -0.1) is 0 Å². The third-order valence-corrected chi connectivity index (χ3v) is 4.58. The average Bonchev–Trinajstić information content (AvgIpc) is 2.99. The van der Waals surface area contributed by atoms with E-state index in [-0.39, 0.29) is 24.3 Å². The molecule has 126 valence electrons. The summed E-state index contributed by atoms with van der Waals surface area (Å²) in [7, 11) is 2.09. The second-order valence-corrected chi connectivity index (χ2v) is 6.25. The summed E-state index contributed by atoms with van der Waals surface area (Å²) in [5.74, 6) is 0.409. The lowest BCUT2D eigenvalue weighted by Crippen LogP contribution is -3.00. The van der Waals surface area contributed by atoms with Crippen LogP contribution in [0, 0.1) is 11.8 Å². The number of cyclic esters (lactones) is 1. The molecule has 2 rings (SSSR count). The molecule has 5 heteroatoms. The Kier molecular flexibility index (Phi) is 7.94. The van der Waals surface area contributed by atoms with E-state index in [1.54, 1.807) is 0 Å². The van der Waals surface area contributed by atoms with Crippen LogP contribution in [0.25, 0.3) is 0 Å². The smallest absolute Gasteiger partial charge is 0.309 e. The van der Waals surface area contributed by atoms with Crippen molar-refractivity contribution in [1.82, 2.24) is 4.57 Å². The van der Waals surface area contributed by atoms with Gasteiger partial charge in [0.05, 0.1) is 26.1 Å². The molecule has 0 amide bonds. The molecule has 22 heavy (non-hydrogen) atoms. The molecule has 4 nitrogen and oxygen atoms in total. The maximum atomic E-state index is 11.7. The molecule has 2 heterocycles. The van der Waals surface area contributed by atoms with Crippen molar-refractivity contribution in [2.75, 3.05) is 6.61 Å². The SMILES string of the molecule is CCCCCC[n+]1cc(C[C@H]2COC(=O)[C@H]2CC)n(C)c1.[Cl-]. The van der Waals surface area contributed by atoms with Crippen LogP contribution in [0.2, 0.25) is 0 Å². The number of aryl methyl sites for hydroxylation is 2. The second kappa shape index (κ2) is 9.19. The highest BCUT2D eigenvalue weighted by atomic mass is 35.5. The van der Waals surface area contributed by atoms with Gasteiger partial charge in [0.1, 0.15) is 11.9 Å². The second-order valence-electron chi connectivity index (χ2n) is 6.25. The van der Waals surface area contributed by atoms with E-state index >= 15 is 0 Å². The van der Waals surface area contributed by atoms with Crippen LogP contribution < -0.4 is 17.0 Å². The molecule has 2 atom stereocenters. The molecule has 1 aromatic heterocycles. The van der Waals surface area contributed by atoms with Crippen LogP contribution in [0.3, 0.4) is 0 Å². The highest BCUT2D eigenvalue weighted by Crippen LogP contribution is 2.27. The van der Waals surface area contributed by atoms with Gasteiger partial charge < -0.3 is 17.1 Å². The van der Waals surface area contributed by atoms with Crippen molar-refractivity contribution in [3.05, 3.63) is 18.2 Å². The third kappa shape index (κ3) is 4.73. The third-order valence-electron chi connectivity index (χ3n) is 4.58. The van der Waals surface area contributed by atoms with Crippen molar-refractivity contribution in [3.63, 3.8) is 0 Å². The molecular weight excluding hydrogens is 300 g/mol. The normalized spacial score (nSPS) is 20.8. The fourth-order valence-electron chi connectivity index (χ4n) is 3.23. The molecule has 0 saturated carbocycles. The van der Waals surface area contributed by atoms with Crippen molar-refractivity contribution < 1.29 is 26.5 Å². The topological polar surface area (TPSA) is 35.1 Å². The number of nitrogens with zero attached hydrogens (tertiary/aromatic N) is 2. The summed E-state index contributed by atoms with van der Waals surface area (Å²) < 4.78 is 9.70. The molecule has 0 aliphatic carbocycles. The molecule has 0 spiro atoms. The van der Waals surface area contributed by atoms with Gasteiger partial charge in [0.15, 0.2) is 0 Å². The largest absolute Gasteiger partial charge is 1.00 e. The van der Waals surface area contributed by atoms with Gasteiger partial charge in [0, 0.05) is 12.3 Å². The molecule has 1 saturated heterocycles. The van der Waals surface area contributed by atoms with Crippen LogP contribution >= 0.6 is 0 Å².